The van der Waals surface area contributed by atoms with E-state index in [-0.39, 0.29) is 39.0 Å². The minimum absolute atomic E-state index is 0.170. The van der Waals surface area contributed by atoms with Crippen LogP contribution in [0.15, 0.2) is 60.7 Å². The van der Waals surface area contributed by atoms with Gasteiger partial charge in [-0.1, -0.05) is 116 Å². The zero-order valence-corrected chi connectivity index (χ0v) is 48.6. The van der Waals surface area contributed by atoms with Crippen molar-refractivity contribution in [2.45, 2.75) is 162 Å². The van der Waals surface area contributed by atoms with Gasteiger partial charge in [-0.2, -0.15) is 17.6 Å². The number of carbonyl (C=O) groups excluding carboxylic acids is 12. The first kappa shape index (κ1) is 69.5. The van der Waals surface area contributed by atoms with Gasteiger partial charge >= 0.3 is 11.8 Å². The van der Waals surface area contributed by atoms with E-state index < -0.39 is 155 Å². The van der Waals surface area contributed by atoms with Crippen molar-refractivity contribution in [2.75, 3.05) is 26.7 Å². The van der Waals surface area contributed by atoms with E-state index in [9.17, 15) is 75.1 Å². The van der Waals surface area contributed by atoms with Gasteiger partial charge in [0.15, 0.2) is 0 Å². The Hall–Kier alpha value is -7.80. The van der Waals surface area contributed by atoms with Crippen molar-refractivity contribution < 1.29 is 75.1 Å². The zero-order valence-electron chi connectivity index (χ0n) is 48.6. The van der Waals surface area contributed by atoms with Crippen LogP contribution in [-0.2, 0) is 70.6 Å². The average molecular weight is 1170 g/mol. The Labute approximate surface area is 480 Å². The molecule has 0 aromatic heterocycles. The SMILES string of the molecule is CCNC(=O)CC(=O)N[C@H](C(=O)N1CCCC1C(=O)N[C@H](C(=O)C(F)(F)C(=O)NCc1ccccc1)C(C)C)C(C)C.CNC(=O)CC(=O)N[C@H](C(=O)N1CCCC1C(=O)N[C@H](C(=O)C(F)(F)C(=O)NCc1ccccc1)C(C)C)C(C)C. The number of halogens is 4. The third-order valence-electron chi connectivity index (χ3n) is 13.7. The smallest absolute Gasteiger partial charge is 0.359 e. The molecule has 4 rings (SSSR count). The molecule has 0 saturated carbocycles. The minimum atomic E-state index is -4.42. The molecule has 0 radical (unpaired) electrons. The molecule has 2 unspecified atom stereocenters. The third-order valence-corrected chi connectivity index (χ3v) is 13.7. The third kappa shape index (κ3) is 20.0. The van der Waals surface area contributed by atoms with Crippen molar-refractivity contribution in [1.29, 1.82) is 0 Å². The second kappa shape index (κ2) is 32.2. The number of nitrogens with zero attached hydrogens (tertiary/aromatic N) is 2. The van der Waals surface area contributed by atoms with Gasteiger partial charge in [-0.3, -0.25) is 57.5 Å². The van der Waals surface area contributed by atoms with Crippen molar-refractivity contribution in [3.8, 4) is 0 Å². The quantitative estimate of drug-likeness (QED) is 0.0472. The maximum absolute atomic E-state index is 15.0. The molecule has 2 saturated heterocycles. The normalized spacial score (nSPS) is 16.6. The lowest BCUT2D eigenvalue weighted by Gasteiger charge is -2.32. The highest BCUT2D eigenvalue weighted by Crippen LogP contribution is 2.26. The van der Waals surface area contributed by atoms with Crippen LogP contribution in [0.5, 0.6) is 0 Å². The summed E-state index contributed by atoms with van der Waals surface area (Å²) in [5.74, 6) is -23.4. The average Bonchev–Trinajstić information content (AvgIpc) is 4.22. The van der Waals surface area contributed by atoms with E-state index in [4.69, 9.17) is 0 Å². The van der Waals surface area contributed by atoms with Gasteiger partial charge < -0.3 is 52.3 Å². The molecule has 10 amide bonds. The Bertz CT molecular complexity index is 2630. The first-order valence-electron chi connectivity index (χ1n) is 27.7. The van der Waals surface area contributed by atoms with Crippen LogP contribution < -0.4 is 42.5 Å². The first-order chi connectivity index (χ1) is 38.9. The van der Waals surface area contributed by atoms with Crippen LogP contribution in [0.25, 0.3) is 0 Å². The highest BCUT2D eigenvalue weighted by Gasteiger charge is 2.53. The summed E-state index contributed by atoms with van der Waals surface area (Å²) in [5.41, 5.74) is 1.13. The molecular formula is C57H80F4N10O12. The van der Waals surface area contributed by atoms with E-state index >= 15 is 0 Å². The van der Waals surface area contributed by atoms with Crippen LogP contribution in [0.4, 0.5) is 17.6 Å². The highest BCUT2D eigenvalue weighted by molar-refractivity contribution is 6.12. The molecule has 2 heterocycles. The van der Waals surface area contributed by atoms with Gasteiger partial charge in [-0.25, -0.2) is 0 Å². The van der Waals surface area contributed by atoms with E-state index in [1.807, 2.05) is 0 Å². The maximum atomic E-state index is 15.0. The number of likely N-dealkylation sites (tertiary alicyclic amines) is 2. The molecule has 2 aromatic rings. The summed E-state index contributed by atoms with van der Waals surface area (Å²) in [6, 6.07) is 9.03. The number of rotatable bonds is 27. The molecule has 8 N–H and O–H groups in total. The number of benzene rings is 2. The summed E-state index contributed by atoms with van der Waals surface area (Å²) in [6.07, 6.45) is 0.324. The monoisotopic (exact) mass is 1170 g/mol. The predicted octanol–water partition coefficient (Wildman–Crippen LogP) is 2.22. The summed E-state index contributed by atoms with van der Waals surface area (Å²) in [4.78, 5) is 154. The van der Waals surface area contributed by atoms with Gasteiger partial charge in [0.2, 0.25) is 58.8 Å². The lowest BCUT2D eigenvalue weighted by Crippen LogP contribution is -2.60. The number of amides is 10. The molecule has 2 aliphatic rings. The summed E-state index contributed by atoms with van der Waals surface area (Å²) in [7, 11) is 1.37. The maximum Gasteiger partial charge on any atom is 0.383 e. The largest absolute Gasteiger partial charge is 0.383 e. The molecule has 0 bridgehead atoms. The minimum Gasteiger partial charge on any atom is -0.359 e. The van der Waals surface area contributed by atoms with Crippen LogP contribution in [0.2, 0.25) is 0 Å². The molecule has 0 aliphatic carbocycles. The van der Waals surface area contributed by atoms with E-state index in [0.717, 1.165) is 0 Å². The number of Topliss-reactive ketones (excluding diaryl/α,β-unsaturated/α-hetero) is 2. The van der Waals surface area contributed by atoms with Crippen molar-refractivity contribution in [2.24, 2.45) is 23.7 Å². The molecular weight excluding hydrogens is 1090 g/mol. The van der Waals surface area contributed by atoms with Gasteiger partial charge in [0, 0.05) is 39.8 Å². The van der Waals surface area contributed by atoms with Crippen LogP contribution in [0, 0.1) is 23.7 Å². The van der Waals surface area contributed by atoms with Crippen LogP contribution >= 0.6 is 0 Å². The van der Waals surface area contributed by atoms with E-state index in [1.54, 1.807) is 95.3 Å². The Morgan fingerprint density at radius 3 is 1.13 bits per heavy atom. The number of alkyl halides is 4. The summed E-state index contributed by atoms with van der Waals surface area (Å²) in [5, 5.41) is 18.7. The lowest BCUT2D eigenvalue weighted by atomic mass is 9.94. The van der Waals surface area contributed by atoms with E-state index in [2.05, 4.69) is 42.5 Å². The van der Waals surface area contributed by atoms with Gasteiger partial charge in [-0.05, 0) is 67.4 Å². The molecule has 458 valence electrons. The van der Waals surface area contributed by atoms with Crippen molar-refractivity contribution in [3.63, 3.8) is 0 Å². The predicted molar refractivity (Wildman–Crippen MR) is 295 cm³/mol. The fourth-order valence-corrected chi connectivity index (χ4v) is 9.04. The Morgan fingerprint density at radius 2 is 0.819 bits per heavy atom. The molecule has 22 nitrogen and oxygen atoms in total. The fourth-order valence-electron chi connectivity index (χ4n) is 9.04. The van der Waals surface area contributed by atoms with Crippen LogP contribution in [-0.4, -0.2) is 155 Å². The lowest BCUT2D eigenvalue weighted by molar-refractivity contribution is -0.162. The van der Waals surface area contributed by atoms with Gasteiger partial charge in [0.25, 0.3) is 11.8 Å². The molecule has 83 heavy (non-hydrogen) atoms. The topological polar surface area (TPSA) is 308 Å². The summed E-state index contributed by atoms with van der Waals surface area (Å²) >= 11 is 0. The van der Waals surface area contributed by atoms with Crippen LogP contribution in [0.1, 0.15) is 112 Å². The van der Waals surface area contributed by atoms with Crippen molar-refractivity contribution in [1.82, 2.24) is 52.3 Å². The highest BCUT2D eigenvalue weighted by atomic mass is 19.3. The summed E-state index contributed by atoms with van der Waals surface area (Å²) < 4.78 is 59.8. The standard InChI is InChI=1S/C29H41F2N5O6.C28H39F2N5O6/c1-6-32-21(37)15-22(38)34-24(18(4)5)27(41)36-14-10-13-20(36)26(40)35-23(17(2)3)25(39)29(30,31)28(42)33-16-19-11-8-7-9-12-19;1-16(2)22(24(38)28(29,30)27(41)32-15-18-10-7-6-8-11-18)34-25(39)19-12-9-13-35(19)26(40)23(17(3)4)33-21(37)14-20(36)31-5/h7-9,11-12,17-18,20,23-24H,6,10,13-16H2,1-5H3,(H,32,37)(H,33,42)(H,34,38)(H,35,40);6-8,10-11,16-17,19,22-23H,9,12-15H2,1-5H3,(H,31,36)(H,32,41)(H,33,37)(H,34,39)/t20?,23-,24-;19?,22-,23-/m00/s1. The molecule has 0 spiro atoms. The Kier molecular flexibility index (Phi) is 26.9. The van der Waals surface area contributed by atoms with E-state index in [0.29, 0.717) is 30.5 Å². The molecule has 2 aromatic carbocycles. The molecule has 2 fully saturated rings. The number of ketones is 2. The Balaban J connectivity index is 0.000000435. The fraction of sp³-hybridized carbons (Fsp3) is 0.579. The van der Waals surface area contributed by atoms with Gasteiger partial charge in [-0.15, -0.1) is 0 Å². The first-order valence-corrected chi connectivity index (χ1v) is 27.7. The number of hydrogen-bond acceptors (Lipinski definition) is 12. The van der Waals surface area contributed by atoms with Crippen molar-refractivity contribution in [3.05, 3.63) is 71.8 Å². The molecule has 2 aliphatic heterocycles. The number of hydrogen-bond donors (Lipinski definition) is 8. The molecule has 26 heteroatoms. The van der Waals surface area contributed by atoms with Crippen molar-refractivity contribution >= 4 is 70.6 Å². The van der Waals surface area contributed by atoms with Crippen LogP contribution in [0.3, 0.4) is 0 Å². The second-order valence-corrected chi connectivity index (χ2v) is 21.6. The van der Waals surface area contributed by atoms with Gasteiger partial charge in [0.05, 0.1) is 12.1 Å². The molecule has 6 atom stereocenters. The summed E-state index contributed by atoms with van der Waals surface area (Å²) in [6.45, 7) is 14.5. The number of carbonyl (C=O) groups is 12. The Morgan fingerprint density at radius 1 is 0.482 bits per heavy atom. The van der Waals surface area contributed by atoms with E-state index in [1.165, 1.54) is 44.5 Å². The second-order valence-electron chi connectivity index (χ2n) is 21.6. The van der Waals surface area contributed by atoms with Gasteiger partial charge in [0.1, 0.15) is 37.0 Å². The number of nitrogens with one attached hydrogen (secondary N) is 8. The zero-order chi connectivity index (χ0) is 62.5.